The molecule has 2 aliphatic rings. The Morgan fingerprint density at radius 3 is 2.72 bits per heavy atom. The molecule has 1 saturated heterocycles. The fourth-order valence-electron chi connectivity index (χ4n) is 2.73. The SMILES string of the molecule is C=C1NC(=O)N(C2CCNCC2)c2ccccc21. The van der Waals surface area contributed by atoms with E-state index in [9.17, 15) is 4.79 Å². The molecule has 4 nitrogen and oxygen atoms in total. The number of carbonyl (C=O) groups is 1. The standard InChI is InChI=1S/C14H17N3O/c1-10-12-4-2-3-5-13(12)17(14(18)16-10)11-6-8-15-9-7-11/h2-5,11,15H,1,6-9H2,(H,16,18). The Morgan fingerprint density at radius 2 is 1.94 bits per heavy atom. The average Bonchev–Trinajstić information content (AvgIpc) is 2.40. The monoisotopic (exact) mass is 243 g/mol. The van der Waals surface area contributed by atoms with Crippen molar-refractivity contribution in [2.24, 2.45) is 0 Å². The summed E-state index contributed by atoms with van der Waals surface area (Å²) in [5.41, 5.74) is 2.70. The molecule has 0 radical (unpaired) electrons. The summed E-state index contributed by atoms with van der Waals surface area (Å²) in [5, 5.41) is 6.18. The maximum Gasteiger partial charge on any atom is 0.326 e. The highest BCUT2D eigenvalue weighted by molar-refractivity contribution is 6.04. The van der Waals surface area contributed by atoms with E-state index in [1.807, 2.05) is 29.2 Å². The Bertz CT molecular complexity index is 492. The van der Waals surface area contributed by atoms with Crippen molar-refractivity contribution in [1.29, 1.82) is 0 Å². The number of fused-ring (bicyclic) bond motifs is 1. The van der Waals surface area contributed by atoms with E-state index >= 15 is 0 Å². The van der Waals surface area contributed by atoms with Crippen LogP contribution in [-0.2, 0) is 0 Å². The Hall–Kier alpha value is -1.81. The molecule has 2 heterocycles. The van der Waals surface area contributed by atoms with Gasteiger partial charge in [0.15, 0.2) is 0 Å². The molecule has 2 aliphatic heterocycles. The average molecular weight is 243 g/mol. The lowest BCUT2D eigenvalue weighted by atomic mass is 10.0. The van der Waals surface area contributed by atoms with Crippen molar-refractivity contribution in [3.63, 3.8) is 0 Å². The topological polar surface area (TPSA) is 44.4 Å². The van der Waals surface area contributed by atoms with Gasteiger partial charge < -0.3 is 10.6 Å². The Kier molecular flexibility index (Phi) is 2.80. The minimum Gasteiger partial charge on any atom is -0.317 e. The number of amides is 2. The second kappa shape index (κ2) is 4.46. The van der Waals surface area contributed by atoms with Crippen molar-refractivity contribution in [3.05, 3.63) is 36.4 Å². The van der Waals surface area contributed by atoms with Crippen LogP contribution >= 0.6 is 0 Å². The summed E-state index contributed by atoms with van der Waals surface area (Å²) < 4.78 is 0. The summed E-state index contributed by atoms with van der Waals surface area (Å²) in [6.07, 6.45) is 1.99. The maximum atomic E-state index is 12.2. The molecule has 94 valence electrons. The van der Waals surface area contributed by atoms with Gasteiger partial charge in [-0.05, 0) is 32.0 Å². The lowest BCUT2D eigenvalue weighted by Gasteiger charge is -2.38. The van der Waals surface area contributed by atoms with Crippen LogP contribution in [0.25, 0.3) is 5.70 Å². The fourth-order valence-corrected chi connectivity index (χ4v) is 2.73. The van der Waals surface area contributed by atoms with Gasteiger partial charge in [-0.15, -0.1) is 0 Å². The van der Waals surface area contributed by atoms with Crippen molar-refractivity contribution >= 4 is 17.4 Å². The van der Waals surface area contributed by atoms with Crippen LogP contribution in [0, 0.1) is 0 Å². The summed E-state index contributed by atoms with van der Waals surface area (Å²) >= 11 is 0. The Labute approximate surface area is 107 Å². The first-order chi connectivity index (χ1) is 8.77. The first kappa shape index (κ1) is 11.3. The molecule has 2 N–H and O–H groups in total. The van der Waals surface area contributed by atoms with Gasteiger partial charge in [0.2, 0.25) is 0 Å². The third-order valence-electron chi connectivity index (χ3n) is 3.64. The van der Waals surface area contributed by atoms with Crippen molar-refractivity contribution in [3.8, 4) is 0 Å². The summed E-state index contributed by atoms with van der Waals surface area (Å²) in [7, 11) is 0. The zero-order chi connectivity index (χ0) is 12.5. The number of benzene rings is 1. The summed E-state index contributed by atoms with van der Waals surface area (Å²) in [5.74, 6) is 0. The number of nitrogens with one attached hydrogen (secondary N) is 2. The molecule has 0 aliphatic carbocycles. The number of urea groups is 1. The molecule has 3 rings (SSSR count). The van der Waals surface area contributed by atoms with Gasteiger partial charge in [0.1, 0.15) is 0 Å². The number of rotatable bonds is 1. The van der Waals surface area contributed by atoms with E-state index in [1.54, 1.807) is 0 Å². The Balaban J connectivity index is 2.00. The van der Waals surface area contributed by atoms with E-state index < -0.39 is 0 Å². The predicted molar refractivity (Wildman–Crippen MR) is 72.4 cm³/mol. The molecule has 0 aromatic heterocycles. The molecule has 0 bridgehead atoms. The summed E-state index contributed by atoms with van der Waals surface area (Å²) in [6.45, 7) is 5.85. The van der Waals surface area contributed by atoms with Crippen molar-refractivity contribution in [2.75, 3.05) is 18.0 Å². The number of anilines is 1. The third kappa shape index (κ3) is 1.78. The lowest BCUT2D eigenvalue weighted by molar-refractivity contribution is 0.245. The predicted octanol–water partition coefficient (Wildman–Crippen LogP) is 1.94. The molecule has 1 fully saturated rings. The zero-order valence-corrected chi connectivity index (χ0v) is 10.3. The van der Waals surface area contributed by atoms with Gasteiger partial charge in [-0.2, -0.15) is 0 Å². The molecular formula is C14H17N3O. The third-order valence-corrected chi connectivity index (χ3v) is 3.64. The first-order valence-corrected chi connectivity index (χ1v) is 6.36. The second-order valence-corrected chi connectivity index (χ2v) is 4.78. The van der Waals surface area contributed by atoms with Crippen LogP contribution in [0.15, 0.2) is 30.8 Å². The molecule has 0 spiro atoms. The molecule has 4 heteroatoms. The summed E-state index contributed by atoms with van der Waals surface area (Å²) in [4.78, 5) is 14.1. The number of nitrogens with zero attached hydrogens (tertiary/aromatic N) is 1. The fraction of sp³-hybridized carbons (Fsp3) is 0.357. The highest BCUT2D eigenvalue weighted by atomic mass is 16.2. The van der Waals surface area contributed by atoms with E-state index in [0.717, 1.165) is 37.2 Å². The molecule has 1 aromatic rings. The van der Waals surface area contributed by atoms with E-state index in [0.29, 0.717) is 5.70 Å². The Morgan fingerprint density at radius 1 is 1.22 bits per heavy atom. The van der Waals surface area contributed by atoms with Crippen molar-refractivity contribution in [2.45, 2.75) is 18.9 Å². The van der Waals surface area contributed by atoms with Crippen molar-refractivity contribution < 1.29 is 4.79 Å². The van der Waals surface area contributed by atoms with Gasteiger partial charge in [0.25, 0.3) is 0 Å². The van der Waals surface area contributed by atoms with Crippen LogP contribution in [-0.4, -0.2) is 25.2 Å². The van der Waals surface area contributed by atoms with Crippen LogP contribution in [0.5, 0.6) is 0 Å². The lowest BCUT2D eigenvalue weighted by Crippen LogP contribution is -2.52. The van der Waals surface area contributed by atoms with Crippen LogP contribution in [0.2, 0.25) is 0 Å². The second-order valence-electron chi connectivity index (χ2n) is 4.78. The number of piperidine rings is 1. The number of para-hydroxylation sites is 1. The smallest absolute Gasteiger partial charge is 0.317 e. The minimum atomic E-state index is -0.0504. The summed E-state index contributed by atoms with van der Waals surface area (Å²) in [6, 6.07) is 8.18. The van der Waals surface area contributed by atoms with Gasteiger partial charge in [0.05, 0.1) is 5.69 Å². The highest BCUT2D eigenvalue weighted by Crippen LogP contribution is 2.32. The van der Waals surface area contributed by atoms with Crippen LogP contribution < -0.4 is 15.5 Å². The van der Waals surface area contributed by atoms with E-state index in [-0.39, 0.29) is 12.1 Å². The maximum absolute atomic E-state index is 12.2. The number of hydrogen-bond acceptors (Lipinski definition) is 2. The molecular weight excluding hydrogens is 226 g/mol. The van der Waals surface area contributed by atoms with E-state index in [4.69, 9.17) is 0 Å². The zero-order valence-electron chi connectivity index (χ0n) is 10.3. The molecule has 1 aromatic carbocycles. The first-order valence-electron chi connectivity index (χ1n) is 6.36. The highest BCUT2D eigenvalue weighted by Gasteiger charge is 2.32. The van der Waals surface area contributed by atoms with Gasteiger partial charge in [-0.1, -0.05) is 24.8 Å². The number of carbonyl (C=O) groups excluding carboxylic acids is 1. The van der Waals surface area contributed by atoms with Crippen LogP contribution in [0.4, 0.5) is 10.5 Å². The minimum absolute atomic E-state index is 0.0504. The van der Waals surface area contributed by atoms with E-state index in [2.05, 4.69) is 17.2 Å². The van der Waals surface area contributed by atoms with Crippen molar-refractivity contribution in [1.82, 2.24) is 10.6 Å². The molecule has 18 heavy (non-hydrogen) atoms. The molecule has 0 atom stereocenters. The molecule has 0 saturated carbocycles. The van der Waals surface area contributed by atoms with Crippen LogP contribution in [0.3, 0.4) is 0 Å². The van der Waals surface area contributed by atoms with E-state index in [1.165, 1.54) is 0 Å². The van der Waals surface area contributed by atoms with Crippen LogP contribution in [0.1, 0.15) is 18.4 Å². The molecule has 2 amide bonds. The largest absolute Gasteiger partial charge is 0.326 e. The van der Waals surface area contributed by atoms with Gasteiger partial charge >= 0.3 is 6.03 Å². The van der Waals surface area contributed by atoms with Gasteiger partial charge in [-0.3, -0.25) is 4.90 Å². The van der Waals surface area contributed by atoms with Gasteiger partial charge in [-0.25, -0.2) is 4.79 Å². The molecule has 0 unspecified atom stereocenters. The van der Waals surface area contributed by atoms with Gasteiger partial charge in [0, 0.05) is 17.3 Å². The number of hydrogen-bond donors (Lipinski definition) is 2. The quantitative estimate of drug-likeness (QED) is 0.791. The normalized spacial score (nSPS) is 20.6.